The number of benzene rings is 2. The van der Waals surface area contributed by atoms with Crippen molar-refractivity contribution < 1.29 is 33.8 Å². The fourth-order valence-corrected chi connectivity index (χ4v) is 10.8. The van der Waals surface area contributed by atoms with Gasteiger partial charge in [-0.05, 0) is 70.1 Å². The molecule has 7 rings (SSSR count). The molecular weight excluding hydrogens is 902 g/mol. The molecule has 4 N–H and O–H groups in total. The molecule has 0 bridgehead atoms. The Morgan fingerprint density at radius 2 is 1.62 bits per heavy atom. The molecule has 2 aliphatic rings. The summed E-state index contributed by atoms with van der Waals surface area (Å²) in [7, 11) is 0.526. The Morgan fingerprint density at radius 1 is 0.912 bits per heavy atom. The van der Waals surface area contributed by atoms with Gasteiger partial charge in [0.05, 0.1) is 30.9 Å². The standard InChI is InChI=1S/C50H64N9O7PS/c1-28-11-13-35(14-12-28)43-42-29(2)32(5)68-49(42)59-33(6)56-57-46(59)38(54-43)24-40(61)51-19-22-65-20-10-21-66-26-41(62)55-45(50(7,8)9)48(64)58-25-37(60)23-39(58)47(63)53-30(3)34-15-17-36(18-16-34)44-31(4)52-27-67-44/h11-18,27,30,37-39,45,60,67H,10,19-26H2,1-9H3,(H,51,61)(H,53,63)(H,55,62)/t30-,37+,38-,39-,45+/m0/s1. The van der Waals surface area contributed by atoms with Gasteiger partial charge in [-0.15, -0.1) is 29.7 Å². The quantitative estimate of drug-likeness (QED) is 0.0738. The first-order valence-corrected chi connectivity index (χ1v) is 25.1. The summed E-state index contributed by atoms with van der Waals surface area (Å²) in [4.78, 5) is 66.4. The number of hydrogen-bond acceptors (Lipinski definition) is 12. The Balaban J connectivity index is 0.840. The van der Waals surface area contributed by atoms with Crippen LogP contribution in [0.4, 0.5) is 0 Å². The monoisotopic (exact) mass is 965 g/mol. The van der Waals surface area contributed by atoms with Crippen molar-refractivity contribution in [3.8, 4) is 15.9 Å². The number of aryl methyl sites for hydroxylation is 4. The minimum Gasteiger partial charge on any atom is -0.391 e. The number of likely N-dealkylation sites (tertiary alicyclic amines) is 1. The zero-order valence-electron chi connectivity index (χ0n) is 40.4. The van der Waals surface area contributed by atoms with E-state index in [0.29, 0.717) is 33.6 Å². The third kappa shape index (κ3) is 11.6. The smallest absolute Gasteiger partial charge is 0.246 e. The maximum Gasteiger partial charge on any atom is 0.246 e. The molecule has 5 aromatic rings. The summed E-state index contributed by atoms with van der Waals surface area (Å²) in [6.45, 7) is 18.4. The van der Waals surface area contributed by atoms with Gasteiger partial charge < -0.3 is 35.4 Å². The number of hydrogen-bond donors (Lipinski definition) is 4. The summed E-state index contributed by atoms with van der Waals surface area (Å²) in [5, 5.41) is 30.5. The van der Waals surface area contributed by atoms with E-state index in [1.54, 1.807) is 11.3 Å². The number of nitrogens with one attached hydrogen (secondary N) is 3. The van der Waals surface area contributed by atoms with Gasteiger partial charge in [0.25, 0.3) is 0 Å². The van der Waals surface area contributed by atoms with Crippen LogP contribution in [0.1, 0.15) is 109 Å². The number of fused-ring (bicyclic) bond motifs is 3. The van der Waals surface area contributed by atoms with Crippen LogP contribution in [-0.4, -0.2) is 117 Å². The van der Waals surface area contributed by atoms with Gasteiger partial charge in [0.1, 0.15) is 35.6 Å². The molecule has 362 valence electrons. The molecule has 0 spiro atoms. The summed E-state index contributed by atoms with van der Waals surface area (Å²) in [5.41, 5.74) is 7.44. The number of aromatic nitrogens is 4. The number of aliphatic imine (C=N–C) groups is 1. The number of carbonyl (C=O) groups excluding carboxylic acids is 4. The van der Waals surface area contributed by atoms with Crippen LogP contribution in [-0.2, 0) is 28.7 Å². The highest BCUT2D eigenvalue weighted by molar-refractivity contribution is 7.33. The number of β-amino-alcohol motifs (C(OH)–C–C–N with tert-alkyl or cyclic N) is 1. The maximum atomic E-state index is 14.1. The van der Waals surface area contributed by atoms with Crippen LogP contribution >= 0.6 is 19.5 Å². The lowest BCUT2D eigenvalue weighted by Gasteiger charge is -2.35. The van der Waals surface area contributed by atoms with E-state index in [1.165, 1.54) is 15.1 Å². The molecule has 3 aromatic heterocycles. The van der Waals surface area contributed by atoms with Crippen molar-refractivity contribution in [2.45, 2.75) is 112 Å². The second-order valence-corrected chi connectivity index (χ2v) is 21.1. The highest BCUT2D eigenvalue weighted by Crippen LogP contribution is 2.40. The minimum atomic E-state index is -0.977. The molecule has 2 aliphatic heterocycles. The van der Waals surface area contributed by atoms with Gasteiger partial charge in [0, 0.05) is 65.6 Å². The molecule has 6 atom stereocenters. The third-order valence-corrected chi connectivity index (χ3v) is 14.9. The van der Waals surface area contributed by atoms with Gasteiger partial charge in [-0.1, -0.05) is 74.9 Å². The summed E-state index contributed by atoms with van der Waals surface area (Å²) in [5.74, 6) is 1.80. The molecule has 0 radical (unpaired) electrons. The normalized spacial score (nSPS) is 17.8. The molecule has 0 aliphatic carbocycles. The van der Waals surface area contributed by atoms with Gasteiger partial charge in [-0.2, -0.15) is 0 Å². The van der Waals surface area contributed by atoms with Crippen molar-refractivity contribution in [3.05, 3.63) is 104 Å². The fraction of sp³-hybridized carbons (Fsp3) is 0.480. The average molecular weight is 966 g/mol. The molecule has 18 heteroatoms. The van der Waals surface area contributed by atoms with Crippen molar-refractivity contribution in [2.24, 2.45) is 10.4 Å². The fourth-order valence-electron chi connectivity index (χ4n) is 8.59. The number of nitrogens with zero attached hydrogens (tertiary/aromatic N) is 6. The first kappa shape index (κ1) is 50.3. The lowest BCUT2D eigenvalue weighted by molar-refractivity contribution is -0.144. The Hall–Kier alpha value is -5.58. The summed E-state index contributed by atoms with van der Waals surface area (Å²) in [6, 6.07) is 13.5. The number of thiophene rings is 1. The molecule has 1 fully saturated rings. The molecule has 0 saturated carbocycles. The number of carbonyl (C=O) groups is 4. The van der Waals surface area contributed by atoms with E-state index in [-0.39, 0.29) is 57.1 Å². The maximum absolute atomic E-state index is 14.1. The van der Waals surface area contributed by atoms with E-state index in [2.05, 4.69) is 76.2 Å². The Labute approximate surface area is 403 Å². The lowest BCUT2D eigenvalue weighted by atomic mass is 9.85. The van der Waals surface area contributed by atoms with Gasteiger partial charge in [0.2, 0.25) is 23.6 Å². The first-order valence-electron chi connectivity index (χ1n) is 23.2. The average Bonchev–Trinajstić information content (AvgIpc) is 4.07. The molecule has 2 aromatic carbocycles. The summed E-state index contributed by atoms with van der Waals surface area (Å²) in [6.07, 6.45) is -0.215. The van der Waals surface area contributed by atoms with Crippen LogP contribution in [0.5, 0.6) is 0 Å². The predicted molar refractivity (Wildman–Crippen MR) is 265 cm³/mol. The van der Waals surface area contributed by atoms with Gasteiger partial charge in [0.15, 0.2) is 5.82 Å². The largest absolute Gasteiger partial charge is 0.391 e. The predicted octanol–water partition coefficient (Wildman–Crippen LogP) is 6.16. The van der Waals surface area contributed by atoms with E-state index in [0.717, 1.165) is 55.6 Å². The summed E-state index contributed by atoms with van der Waals surface area (Å²) >= 11 is 1.68. The Kier molecular flexibility index (Phi) is 16.1. The number of rotatable bonds is 18. The number of amides is 4. The second-order valence-electron chi connectivity index (χ2n) is 18.8. The second kappa shape index (κ2) is 21.8. The van der Waals surface area contributed by atoms with Crippen LogP contribution in [0.15, 0.2) is 59.5 Å². The van der Waals surface area contributed by atoms with Crippen LogP contribution in [0.2, 0.25) is 0 Å². The number of ether oxygens (including phenoxy) is 2. The molecule has 68 heavy (non-hydrogen) atoms. The van der Waals surface area contributed by atoms with E-state index in [9.17, 15) is 24.3 Å². The van der Waals surface area contributed by atoms with Crippen molar-refractivity contribution >= 4 is 48.9 Å². The molecule has 4 amide bonds. The van der Waals surface area contributed by atoms with E-state index < -0.39 is 41.5 Å². The van der Waals surface area contributed by atoms with E-state index >= 15 is 0 Å². The number of aliphatic hydroxyl groups excluding tert-OH is 1. The van der Waals surface area contributed by atoms with Crippen LogP contribution in [0, 0.1) is 40.0 Å². The summed E-state index contributed by atoms with van der Waals surface area (Å²) < 4.78 is 13.4. The third-order valence-electron chi connectivity index (χ3n) is 12.5. The van der Waals surface area contributed by atoms with Gasteiger partial charge in [-0.25, -0.2) is 0 Å². The number of aliphatic hydroxyl groups is 1. The first-order chi connectivity index (χ1) is 32.4. The Bertz CT molecular complexity index is 2630. The van der Waals surface area contributed by atoms with Crippen molar-refractivity contribution in [1.82, 2.24) is 40.6 Å². The highest BCUT2D eigenvalue weighted by atomic mass is 32.1. The Morgan fingerprint density at radius 3 is 2.31 bits per heavy atom. The van der Waals surface area contributed by atoms with E-state index in [1.807, 2.05) is 76.3 Å². The lowest BCUT2D eigenvalue weighted by Crippen LogP contribution is -2.58. The van der Waals surface area contributed by atoms with Gasteiger partial charge in [-0.3, -0.25) is 33.7 Å². The molecular formula is C50H64N9O7PS. The van der Waals surface area contributed by atoms with E-state index in [4.69, 9.17) is 14.5 Å². The zero-order chi connectivity index (χ0) is 48.9. The molecule has 1 unspecified atom stereocenters. The zero-order valence-corrected chi connectivity index (χ0v) is 42.3. The van der Waals surface area contributed by atoms with Crippen molar-refractivity contribution in [2.75, 3.05) is 39.5 Å². The molecule has 16 nitrogen and oxygen atoms in total. The topological polar surface area (TPSA) is 202 Å². The molecule has 5 heterocycles. The molecule has 1 saturated heterocycles. The van der Waals surface area contributed by atoms with Crippen LogP contribution in [0.3, 0.4) is 0 Å². The van der Waals surface area contributed by atoms with Crippen molar-refractivity contribution in [1.29, 1.82) is 0 Å². The SMILES string of the molecule is Cc1ccc(C2=N[C@@H](CC(=O)NCCOCCCOCC(=O)N[C@H](C(=O)N3C[C@H](O)C[C@H]3C(=O)N[C@@H](C)c3ccc(-c4[pH]cnc4C)cc3)C(C)(C)C)c3nnc(C)n3-c3sc(C)c(C)c32)cc1. The van der Waals surface area contributed by atoms with Crippen LogP contribution < -0.4 is 16.0 Å². The van der Waals surface area contributed by atoms with Gasteiger partial charge >= 0.3 is 0 Å². The minimum absolute atomic E-state index is 0.0237. The van der Waals surface area contributed by atoms with Crippen LogP contribution in [0.25, 0.3) is 15.9 Å². The van der Waals surface area contributed by atoms with Crippen molar-refractivity contribution in [3.63, 3.8) is 0 Å². The highest BCUT2D eigenvalue weighted by Gasteiger charge is 2.45.